The zero-order valence-electron chi connectivity index (χ0n) is 9.95. The van der Waals surface area contributed by atoms with Crippen LogP contribution in [0.1, 0.15) is 39.5 Å². The highest BCUT2D eigenvalue weighted by atomic mass is 127. The van der Waals surface area contributed by atoms with Crippen LogP contribution in [0.3, 0.4) is 0 Å². The van der Waals surface area contributed by atoms with Crippen molar-refractivity contribution in [3.05, 3.63) is 0 Å². The van der Waals surface area contributed by atoms with Crippen LogP contribution in [0.15, 0.2) is 0 Å². The Labute approximate surface area is 107 Å². The average Bonchev–Trinajstić information content (AvgIpc) is 2.17. The Kier molecular flexibility index (Phi) is 4.04. The van der Waals surface area contributed by atoms with E-state index in [0.29, 0.717) is 5.92 Å². The molecular formula is C12H21IO3. The van der Waals surface area contributed by atoms with E-state index in [9.17, 15) is 10.2 Å². The molecule has 0 saturated heterocycles. The predicted molar refractivity (Wildman–Crippen MR) is 73.0 cm³/mol. The van der Waals surface area contributed by atoms with Gasteiger partial charge in [-0.3, -0.25) is 0 Å². The van der Waals surface area contributed by atoms with Crippen molar-refractivity contribution in [3.8, 4) is 0 Å². The van der Waals surface area contributed by atoms with E-state index >= 15 is 0 Å². The van der Waals surface area contributed by atoms with Crippen LogP contribution in [0.5, 0.6) is 0 Å². The van der Waals surface area contributed by atoms with Gasteiger partial charge >= 0.3 is 0 Å². The molecule has 0 bridgehead atoms. The lowest BCUT2D eigenvalue weighted by atomic mass is 9.83. The van der Waals surface area contributed by atoms with Gasteiger partial charge in [-0.25, -0.2) is 0 Å². The van der Waals surface area contributed by atoms with Crippen molar-refractivity contribution in [1.29, 1.82) is 0 Å². The summed E-state index contributed by atoms with van der Waals surface area (Å²) < 4.78 is 8.37. The highest BCUT2D eigenvalue weighted by Crippen LogP contribution is 2.36. The molecule has 1 unspecified atom stereocenters. The molecule has 1 aliphatic carbocycles. The van der Waals surface area contributed by atoms with Gasteiger partial charge in [0.1, 0.15) is 0 Å². The van der Waals surface area contributed by atoms with Crippen molar-refractivity contribution in [1.82, 2.24) is 0 Å². The third-order valence-electron chi connectivity index (χ3n) is 3.18. The second-order valence-corrected chi connectivity index (χ2v) is 8.25. The van der Waals surface area contributed by atoms with Crippen LogP contribution >= 0.6 is 20.7 Å². The largest absolute Gasteiger partial charge is 0.392 e. The minimum atomic E-state index is -1.04. The summed E-state index contributed by atoms with van der Waals surface area (Å²) in [4.78, 5) is 0. The van der Waals surface area contributed by atoms with Crippen LogP contribution in [-0.2, 0) is 4.74 Å². The normalized spacial score (nSPS) is 36.0. The van der Waals surface area contributed by atoms with Gasteiger partial charge in [-0.1, -0.05) is 0 Å². The zero-order chi connectivity index (χ0) is 11.8. The van der Waals surface area contributed by atoms with Gasteiger partial charge in [-0.2, -0.15) is 0 Å². The molecule has 4 heteroatoms. The van der Waals surface area contributed by atoms with Crippen LogP contribution < -0.4 is 0 Å². The maximum atomic E-state index is 10.00. The summed E-state index contributed by atoms with van der Waals surface area (Å²) in [6.07, 6.45) is 4.22. The van der Waals surface area contributed by atoms with Crippen molar-refractivity contribution >= 4 is 24.2 Å². The van der Waals surface area contributed by atoms with Crippen molar-refractivity contribution in [3.63, 3.8) is 0 Å². The lowest BCUT2D eigenvalue weighted by Gasteiger charge is -2.37. The van der Waals surface area contributed by atoms with Crippen LogP contribution in [0, 0.1) is 5.92 Å². The summed E-state index contributed by atoms with van der Waals surface area (Å²) in [7, 11) is 0. The van der Waals surface area contributed by atoms with Crippen LogP contribution in [0.2, 0.25) is 0 Å². The van der Waals surface area contributed by atoms with Gasteiger partial charge in [0.15, 0.2) is 5.79 Å². The van der Waals surface area contributed by atoms with Crippen molar-refractivity contribution in [2.45, 2.75) is 57.5 Å². The maximum absolute atomic E-state index is 10.00. The van der Waals surface area contributed by atoms with Crippen molar-refractivity contribution < 1.29 is 14.9 Å². The molecular weight excluding hydrogens is 319 g/mol. The first-order chi connectivity index (χ1) is 7.46. The highest BCUT2D eigenvalue weighted by Gasteiger charge is 2.34. The van der Waals surface area contributed by atoms with Gasteiger partial charge < -0.3 is 14.9 Å². The third-order valence-corrected chi connectivity index (χ3v) is 6.92. The van der Waals surface area contributed by atoms with Gasteiger partial charge in [-0.15, -0.1) is 20.7 Å². The van der Waals surface area contributed by atoms with Crippen molar-refractivity contribution in [2.75, 3.05) is 4.43 Å². The topological polar surface area (TPSA) is 49.7 Å². The number of alkyl halides is 1. The molecule has 2 aliphatic rings. The number of fused-ring (bicyclic) bond motifs is 1. The molecule has 1 fully saturated rings. The zero-order valence-corrected chi connectivity index (χ0v) is 12.1. The quantitative estimate of drug-likeness (QED) is 0.458. The average molecular weight is 340 g/mol. The molecule has 16 heavy (non-hydrogen) atoms. The van der Waals surface area contributed by atoms with Crippen LogP contribution in [0.25, 0.3) is 0 Å². The van der Waals surface area contributed by atoms with E-state index < -0.39 is 5.79 Å². The fourth-order valence-corrected chi connectivity index (χ4v) is 6.14. The van der Waals surface area contributed by atoms with E-state index in [1.807, 2.05) is 0 Å². The molecule has 2 rings (SSSR count). The first-order valence-electron chi connectivity index (χ1n) is 5.99. The van der Waals surface area contributed by atoms with Crippen LogP contribution in [0.4, 0.5) is 0 Å². The summed E-state index contributed by atoms with van der Waals surface area (Å²) in [5, 5.41) is 19.7. The molecule has 0 amide bonds. The molecule has 0 spiro atoms. The second kappa shape index (κ2) is 5.00. The fourth-order valence-electron chi connectivity index (χ4n) is 2.55. The minimum Gasteiger partial charge on any atom is -0.392 e. The van der Waals surface area contributed by atoms with Gasteiger partial charge in [0.25, 0.3) is 0 Å². The van der Waals surface area contributed by atoms with E-state index in [1.165, 1.54) is 6.42 Å². The third kappa shape index (κ3) is 3.24. The fraction of sp³-hybridized carbons (Fsp3) is 0.917. The van der Waals surface area contributed by atoms with E-state index in [1.54, 1.807) is 17.4 Å². The Balaban J connectivity index is 2.00. The molecule has 0 aromatic rings. The Morgan fingerprint density at radius 1 is 1.44 bits per heavy atom. The number of rotatable bonds is 2. The molecule has 3 nitrogen and oxygen atoms in total. The van der Waals surface area contributed by atoms with Gasteiger partial charge in [0.05, 0.1) is 12.2 Å². The number of aliphatic hydroxyl groups excluding tert-OH is 1. The number of hydrogen-bond donors (Lipinski definition) is 2. The van der Waals surface area contributed by atoms with Crippen LogP contribution in [-0.4, -0.2) is 36.1 Å². The summed E-state index contributed by atoms with van der Waals surface area (Å²) in [6, 6.07) is 0. The first-order valence-corrected chi connectivity index (χ1v) is 8.59. The number of hydrogen-bond acceptors (Lipinski definition) is 3. The Hall–Kier alpha value is 0.480. The minimum absolute atomic E-state index is 0.0519. The molecule has 0 aromatic heterocycles. The molecule has 1 saturated carbocycles. The van der Waals surface area contributed by atoms with E-state index in [2.05, 4.69) is 0 Å². The second-order valence-electron chi connectivity index (χ2n) is 5.22. The Bertz CT molecular complexity index is 282. The highest BCUT2D eigenvalue weighted by molar-refractivity contribution is 14.2. The van der Waals surface area contributed by atoms with E-state index in [-0.39, 0.29) is 32.9 Å². The van der Waals surface area contributed by atoms with Gasteiger partial charge in [-0.05, 0) is 43.0 Å². The Morgan fingerprint density at radius 3 is 2.88 bits per heavy atom. The summed E-state index contributed by atoms with van der Waals surface area (Å²) in [5.74, 6) is -0.673. The summed E-state index contributed by atoms with van der Waals surface area (Å²) in [6.45, 7) is 3.36. The number of aliphatic hydroxyl groups is 2. The SMILES string of the molecule is CC(C)(O)OC1CI=C2CCC[C@@H](O)[C@@H]2C1. The lowest BCUT2D eigenvalue weighted by molar-refractivity contribution is -0.203. The molecule has 1 aliphatic heterocycles. The van der Waals surface area contributed by atoms with Gasteiger partial charge in [0.2, 0.25) is 0 Å². The number of ether oxygens (including phenoxy) is 1. The van der Waals surface area contributed by atoms with Crippen molar-refractivity contribution in [2.24, 2.45) is 5.92 Å². The maximum Gasteiger partial charge on any atom is 0.160 e. The molecule has 2 N–H and O–H groups in total. The number of halogens is 1. The van der Waals surface area contributed by atoms with E-state index in [0.717, 1.165) is 23.7 Å². The first kappa shape index (κ1) is 12.9. The van der Waals surface area contributed by atoms with E-state index in [4.69, 9.17) is 4.74 Å². The summed E-state index contributed by atoms with van der Waals surface area (Å²) in [5.41, 5.74) is 0. The van der Waals surface area contributed by atoms with Gasteiger partial charge in [0, 0.05) is 10.3 Å². The molecule has 0 radical (unpaired) electrons. The standard InChI is InChI=1S/C12H21IO3/c1-12(2,15)16-8-6-9-10(13-7-8)4-3-5-11(9)14/h8-9,11,14-15H,3-7H2,1-2H3/t8?,9-,11-/m1/s1. The Morgan fingerprint density at radius 2 is 2.19 bits per heavy atom. The lowest BCUT2D eigenvalue weighted by Crippen LogP contribution is -2.41. The molecule has 0 aromatic carbocycles. The molecule has 1 heterocycles. The smallest absolute Gasteiger partial charge is 0.160 e. The predicted octanol–water partition coefficient (Wildman–Crippen LogP) is 1.81. The molecule has 3 atom stereocenters. The molecule has 94 valence electrons. The summed E-state index contributed by atoms with van der Waals surface area (Å²) >= 11 is 0.0519. The monoisotopic (exact) mass is 340 g/mol.